The normalized spacial score (nSPS) is 20.8. The number of ether oxygens (including phenoxy) is 1. The molecule has 102 valence electrons. The van der Waals surface area contributed by atoms with Crippen molar-refractivity contribution in [2.45, 2.75) is 44.6 Å². The van der Waals surface area contributed by atoms with Gasteiger partial charge < -0.3 is 15.4 Å². The summed E-state index contributed by atoms with van der Waals surface area (Å²) in [5, 5.41) is 6.27. The van der Waals surface area contributed by atoms with Crippen LogP contribution in [0.1, 0.15) is 38.5 Å². The van der Waals surface area contributed by atoms with Crippen molar-refractivity contribution in [3.05, 3.63) is 11.6 Å². The topological polar surface area (TPSA) is 50.4 Å². The Hall–Kier alpha value is -0.870. The van der Waals surface area contributed by atoms with Crippen molar-refractivity contribution in [1.82, 2.24) is 10.6 Å². The number of hydrogen-bond donors (Lipinski definition) is 2. The van der Waals surface area contributed by atoms with Gasteiger partial charge in [-0.3, -0.25) is 4.79 Å². The van der Waals surface area contributed by atoms with Crippen LogP contribution in [0.15, 0.2) is 11.6 Å². The van der Waals surface area contributed by atoms with Crippen LogP contribution < -0.4 is 10.6 Å². The van der Waals surface area contributed by atoms with E-state index in [1.165, 1.54) is 19.3 Å². The maximum atomic E-state index is 11.7. The summed E-state index contributed by atoms with van der Waals surface area (Å²) in [6.45, 7) is 2.89. The lowest BCUT2D eigenvalue weighted by Gasteiger charge is -2.23. The zero-order valence-electron chi connectivity index (χ0n) is 11.0. The molecule has 4 nitrogen and oxygen atoms in total. The summed E-state index contributed by atoms with van der Waals surface area (Å²) in [5.41, 5.74) is 1.55. The average Bonchev–Trinajstić information content (AvgIpc) is 2.89. The summed E-state index contributed by atoms with van der Waals surface area (Å²) in [7, 11) is 0. The lowest BCUT2D eigenvalue weighted by Crippen LogP contribution is -2.43. The highest BCUT2D eigenvalue weighted by molar-refractivity contribution is 5.78. The minimum atomic E-state index is 0.113. The van der Waals surface area contributed by atoms with Gasteiger partial charge in [-0.2, -0.15) is 0 Å². The molecule has 2 aliphatic rings. The van der Waals surface area contributed by atoms with Gasteiger partial charge in [0.05, 0.1) is 6.54 Å². The molecule has 1 heterocycles. The molecule has 0 saturated carbocycles. The summed E-state index contributed by atoms with van der Waals surface area (Å²) in [6, 6.07) is 0.311. The number of carbonyl (C=O) groups is 1. The summed E-state index contributed by atoms with van der Waals surface area (Å²) in [5.74, 6) is 0.113. The quantitative estimate of drug-likeness (QED) is 0.554. The maximum Gasteiger partial charge on any atom is 0.234 e. The molecule has 4 heteroatoms. The second-order valence-electron chi connectivity index (χ2n) is 5.14. The number of carbonyl (C=O) groups excluding carboxylic acids is 1. The molecule has 1 amide bonds. The SMILES string of the molecule is O=C(CNCCC1=CCCC1)NC1CCOCC1. The summed E-state index contributed by atoms with van der Waals surface area (Å²) in [6.07, 6.45) is 9.10. The zero-order valence-corrected chi connectivity index (χ0v) is 11.0. The van der Waals surface area contributed by atoms with E-state index in [4.69, 9.17) is 4.74 Å². The first-order chi connectivity index (χ1) is 8.84. The predicted molar refractivity (Wildman–Crippen MR) is 71.4 cm³/mol. The molecule has 0 aromatic heterocycles. The maximum absolute atomic E-state index is 11.7. The van der Waals surface area contributed by atoms with Crippen LogP contribution in [-0.4, -0.2) is 38.3 Å². The van der Waals surface area contributed by atoms with E-state index in [1.54, 1.807) is 5.57 Å². The molecule has 1 aliphatic carbocycles. The van der Waals surface area contributed by atoms with E-state index in [2.05, 4.69) is 16.7 Å². The molecular weight excluding hydrogens is 228 g/mol. The van der Waals surface area contributed by atoms with Gasteiger partial charge in [0.1, 0.15) is 0 Å². The van der Waals surface area contributed by atoms with Crippen LogP contribution in [0.3, 0.4) is 0 Å². The summed E-state index contributed by atoms with van der Waals surface area (Å²) < 4.78 is 5.26. The Balaban J connectivity index is 1.51. The zero-order chi connectivity index (χ0) is 12.6. The molecule has 0 atom stereocenters. The first-order valence-corrected chi connectivity index (χ1v) is 7.10. The van der Waals surface area contributed by atoms with Crippen molar-refractivity contribution < 1.29 is 9.53 Å². The third-order valence-electron chi connectivity index (χ3n) is 3.63. The highest BCUT2D eigenvalue weighted by Gasteiger charge is 2.15. The van der Waals surface area contributed by atoms with E-state index >= 15 is 0 Å². The Morgan fingerprint density at radius 3 is 2.94 bits per heavy atom. The Bertz CT molecular complexity index is 296. The van der Waals surface area contributed by atoms with Gasteiger partial charge in [-0.05, 0) is 45.1 Å². The minimum absolute atomic E-state index is 0.113. The van der Waals surface area contributed by atoms with Gasteiger partial charge >= 0.3 is 0 Å². The third kappa shape index (κ3) is 4.78. The van der Waals surface area contributed by atoms with Crippen LogP contribution in [0, 0.1) is 0 Å². The third-order valence-corrected chi connectivity index (χ3v) is 3.63. The van der Waals surface area contributed by atoms with Crippen LogP contribution in [0.5, 0.6) is 0 Å². The van der Waals surface area contributed by atoms with Crippen molar-refractivity contribution in [3.8, 4) is 0 Å². The fraction of sp³-hybridized carbons (Fsp3) is 0.786. The molecule has 0 aromatic rings. The fourth-order valence-corrected chi connectivity index (χ4v) is 2.54. The van der Waals surface area contributed by atoms with Crippen LogP contribution >= 0.6 is 0 Å². The van der Waals surface area contributed by atoms with E-state index in [1.807, 2.05) is 0 Å². The molecule has 1 fully saturated rings. The van der Waals surface area contributed by atoms with Crippen molar-refractivity contribution in [2.24, 2.45) is 0 Å². The van der Waals surface area contributed by atoms with E-state index in [0.29, 0.717) is 12.6 Å². The molecule has 0 aromatic carbocycles. The Morgan fingerprint density at radius 2 is 2.22 bits per heavy atom. The first-order valence-electron chi connectivity index (χ1n) is 7.10. The molecule has 1 saturated heterocycles. The standard InChI is InChI=1S/C14H24N2O2/c17-14(16-13-6-9-18-10-7-13)11-15-8-5-12-3-1-2-4-12/h3,13,15H,1-2,4-11H2,(H,16,17). The molecule has 0 unspecified atom stereocenters. The highest BCUT2D eigenvalue weighted by atomic mass is 16.5. The van der Waals surface area contributed by atoms with Crippen LogP contribution in [0.2, 0.25) is 0 Å². The second-order valence-corrected chi connectivity index (χ2v) is 5.14. The van der Waals surface area contributed by atoms with Gasteiger partial charge in [-0.15, -0.1) is 0 Å². The number of amides is 1. The Labute approximate surface area is 109 Å². The van der Waals surface area contributed by atoms with E-state index < -0.39 is 0 Å². The van der Waals surface area contributed by atoms with Gasteiger partial charge in [0.25, 0.3) is 0 Å². The van der Waals surface area contributed by atoms with Gasteiger partial charge in [0.2, 0.25) is 5.91 Å². The fourth-order valence-electron chi connectivity index (χ4n) is 2.54. The molecule has 18 heavy (non-hydrogen) atoms. The largest absolute Gasteiger partial charge is 0.381 e. The molecule has 2 rings (SSSR count). The van der Waals surface area contributed by atoms with Crippen LogP contribution in [-0.2, 0) is 9.53 Å². The average molecular weight is 252 g/mol. The Morgan fingerprint density at radius 1 is 1.39 bits per heavy atom. The Kier molecular flexibility index (Phi) is 5.68. The van der Waals surface area contributed by atoms with Crippen LogP contribution in [0.25, 0.3) is 0 Å². The predicted octanol–water partition coefficient (Wildman–Crippen LogP) is 1.37. The van der Waals surface area contributed by atoms with Crippen molar-refractivity contribution in [2.75, 3.05) is 26.3 Å². The van der Waals surface area contributed by atoms with E-state index in [9.17, 15) is 4.79 Å². The minimum Gasteiger partial charge on any atom is -0.381 e. The number of nitrogens with one attached hydrogen (secondary N) is 2. The monoisotopic (exact) mass is 252 g/mol. The summed E-state index contributed by atoms with van der Waals surface area (Å²) in [4.78, 5) is 11.7. The molecule has 2 N–H and O–H groups in total. The number of hydrogen-bond acceptors (Lipinski definition) is 3. The smallest absolute Gasteiger partial charge is 0.234 e. The van der Waals surface area contributed by atoms with Crippen molar-refractivity contribution in [3.63, 3.8) is 0 Å². The first kappa shape index (κ1) is 13.6. The number of allylic oxidation sites excluding steroid dienone is 1. The van der Waals surface area contributed by atoms with Gasteiger partial charge in [0, 0.05) is 19.3 Å². The second kappa shape index (κ2) is 7.54. The molecule has 1 aliphatic heterocycles. The molecular formula is C14H24N2O2. The van der Waals surface area contributed by atoms with E-state index in [0.717, 1.165) is 39.0 Å². The molecule has 0 radical (unpaired) electrons. The lowest BCUT2D eigenvalue weighted by atomic mass is 10.1. The molecule has 0 spiro atoms. The van der Waals surface area contributed by atoms with E-state index in [-0.39, 0.29) is 5.91 Å². The lowest BCUT2D eigenvalue weighted by molar-refractivity contribution is -0.121. The van der Waals surface area contributed by atoms with Crippen molar-refractivity contribution >= 4 is 5.91 Å². The van der Waals surface area contributed by atoms with Gasteiger partial charge in [0.15, 0.2) is 0 Å². The van der Waals surface area contributed by atoms with Crippen molar-refractivity contribution in [1.29, 1.82) is 0 Å². The summed E-state index contributed by atoms with van der Waals surface area (Å²) >= 11 is 0. The van der Waals surface area contributed by atoms with Crippen LogP contribution in [0.4, 0.5) is 0 Å². The number of rotatable bonds is 6. The molecule has 0 bridgehead atoms. The highest BCUT2D eigenvalue weighted by Crippen LogP contribution is 2.19. The van der Waals surface area contributed by atoms with Gasteiger partial charge in [-0.25, -0.2) is 0 Å². The van der Waals surface area contributed by atoms with Gasteiger partial charge in [-0.1, -0.05) is 11.6 Å².